The lowest BCUT2D eigenvalue weighted by Gasteiger charge is -2.35. The van der Waals surface area contributed by atoms with Crippen LogP contribution in [0.5, 0.6) is 0 Å². The fraction of sp³-hybridized carbons (Fsp3) is 0.562. The fourth-order valence-corrected chi connectivity index (χ4v) is 3.89. The molecule has 0 radical (unpaired) electrons. The molecule has 102 valence electrons. The highest BCUT2D eigenvalue weighted by Crippen LogP contribution is 2.51. The minimum Gasteiger partial charge on any atom is -0.469 e. The SMILES string of the molecule is COC(=O)CC1c2ccccc2C2CCN(C)CC21. The van der Waals surface area contributed by atoms with Crippen molar-refractivity contribution in [3.63, 3.8) is 0 Å². The minimum absolute atomic E-state index is 0.0892. The van der Waals surface area contributed by atoms with E-state index >= 15 is 0 Å². The Morgan fingerprint density at radius 1 is 1.37 bits per heavy atom. The van der Waals surface area contributed by atoms with Gasteiger partial charge >= 0.3 is 5.97 Å². The number of carbonyl (C=O) groups excluding carboxylic acids is 1. The van der Waals surface area contributed by atoms with Crippen molar-refractivity contribution in [1.82, 2.24) is 4.90 Å². The number of fused-ring (bicyclic) bond motifs is 3. The average Bonchev–Trinajstić information content (AvgIpc) is 2.73. The molecule has 1 fully saturated rings. The summed E-state index contributed by atoms with van der Waals surface area (Å²) < 4.78 is 4.88. The van der Waals surface area contributed by atoms with Crippen LogP contribution in [0.2, 0.25) is 0 Å². The van der Waals surface area contributed by atoms with Gasteiger partial charge in [-0.05, 0) is 48.9 Å². The number of nitrogens with zero attached hydrogens (tertiary/aromatic N) is 1. The van der Waals surface area contributed by atoms with Crippen LogP contribution in [0.4, 0.5) is 0 Å². The summed E-state index contributed by atoms with van der Waals surface area (Å²) in [5.74, 6) is 1.43. The lowest BCUT2D eigenvalue weighted by Crippen LogP contribution is -2.37. The third kappa shape index (κ3) is 2.16. The Bertz CT molecular complexity index is 485. The maximum Gasteiger partial charge on any atom is 0.306 e. The number of likely N-dealkylation sites (tertiary alicyclic amines) is 1. The second kappa shape index (κ2) is 4.97. The number of hydrogen-bond donors (Lipinski definition) is 0. The standard InChI is InChI=1S/C16H21NO2/c1-17-8-7-13-11-5-3-4-6-12(11)14(15(13)10-17)9-16(18)19-2/h3-6,13-15H,7-10H2,1-2H3. The van der Waals surface area contributed by atoms with Crippen molar-refractivity contribution >= 4 is 5.97 Å². The van der Waals surface area contributed by atoms with Gasteiger partial charge in [-0.2, -0.15) is 0 Å². The molecular weight excluding hydrogens is 238 g/mol. The number of methoxy groups -OCH3 is 1. The molecule has 2 aliphatic rings. The van der Waals surface area contributed by atoms with Gasteiger partial charge in [-0.25, -0.2) is 0 Å². The Labute approximate surface area is 114 Å². The molecule has 3 heteroatoms. The van der Waals surface area contributed by atoms with Gasteiger partial charge in [0.2, 0.25) is 0 Å². The van der Waals surface area contributed by atoms with Crippen LogP contribution < -0.4 is 0 Å². The number of hydrogen-bond acceptors (Lipinski definition) is 3. The number of carbonyl (C=O) groups is 1. The molecule has 3 nitrogen and oxygen atoms in total. The molecular formula is C16H21NO2. The first-order valence-electron chi connectivity index (χ1n) is 7.05. The zero-order chi connectivity index (χ0) is 13.4. The van der Waals surface area contributed by atoms with Crippen molar-refractivity contribution in [2.45, 2.75) is 24.7 Å². The van der Waals surface area contributed by atoms with Crippen LogP contribution in [0.3, 0.4) is 0 Å². The molecule has 0 amide bonds. The molecule has 3 rings (SSSR count). The summed E-state index contributed by atoms with van der Waals surface area (Å²) in [6, 6.07) is 8.65. The molecule has 1 heterocycles. The van der Waals surface area contributed by atoms with Gasteiger partial charge in [0.05, 0.1) is 13.5 Å². The molecule has 0 spiro atoms. The second-order valence-corrected chi connectivity index (χ2v) is 5.84. The Kier molecular flexibility index (Phi) is 3.31. The summed E-state index contributed by atoms with van der Waals surface area (Å²) in [6.07, 6.45) is 1.72. The normalized spacial score (nSPS) is 29.7. The first-order valence-corrected chi connectivity index (χ1v) is 7.05. The summed E-state index contributed by atoms with van der Waals surface area (Å²) >= 11 is 0. The minimum atomic E-state index is -0.0892. The number of piperidine rings is 1. The van der Waals surface area contributed by atoms with E-state index in [1.54, 1.807) is 0 Å². The van der Waals surface area contributed by atoms with Crippen molar-refractivity contribution in [2.75, 3.05) is 27.2 Å². The second-order valence-electron chi connectivity index (χ2n) is 5.84. The van der Waals surface area contributed by atoms with Crippen molar-refractivity contribution in [3.8, 4) is 0 Å². The lowest BCUT2D eigenvalue weighted by atomic mass is 9.80. The van der Waals surface area contributed by atoms with Crippen LogP contribution in [0.25, 0.3) is 0 Å². The van der Waals surface area contributed by atoms with Gasteiger partial charge in [0.1, 0.15) is 0 Å². The number of esters is 1. The molecule has 1 aliphatic heterocycles. The van der Waals surface area contributed by atoms with Crippen molar-refractivity contribution in [3.05, 3.63) is 35.4 Å². The Hall–Kier alpha value is -1.35. The van der Waals surface area contributed by atoms with Crippen LogP contribution in [-0.4, -0.2) is 38.1 Å². The molecule has 0 aromatic heterocycles. The Morgan fingerprint density at radius 2 is 2.11 bits per heavy atom. The van der Waals surface area contributed by atoms with Crippen molar-refractivity contribution in [2.24, 2.45) is 5.92 Å². The summed E-state index contributed by atoms with van der Waals surface area (Å²) in [5, 5.41) is 0. The highest BCUT2D eigenvalue weighted by Gasteiger charge is 2.43. The smallest absolute Gasteiger partial charge is 0.306 e. The third-order valence-electron chi connectivity index (χ3n) is 4.79. The average molecular weight is 259 g/mol. The summed E-state index contributed by atoms with van der Waals surface area (Å²) in [7, 11) is 3.65. The zero-order valence-electron chi connectivity index (χ0n) is 11.6. The van der Waals surface area contributed by atoms with E-state index in [-0.39, 0.29) is 5.97 Å². The highest BCUT2D eigenvalue weighted by molar-refractivity contribution is 5.71. The van der Waals surface area contributed by atoms with E-state index in [4.69, 9.17) is 4.74 Å². The maximum atomic E-state index is 11.7. The van der Waals surface area contributed by atoms with Gasteiger partial charge in [-0.1, -0.05) is 24.3 Å². The van der Waals surface area contributed by atoms with E-state index < -0.39 is 0 Å². The predicted octanol–water partition coefficient (Wildman–Crippen LogP) is 2.38. The Morgan fingerprint density at radius 3 is 2.84 bits per heavy atom. The van der Waals surface area contributed by atoms with Gasteiger partial charge in [0, 0.05) is 6.54 Å². The van der Waals surface area contributed by atoms with Gasteiger partial charge in [0.25, 0.3) is 0 Å². The Balaban J connectivity index is 1.94. The van der Waals surface area contributed by atoms with Gasteiger partial charge < -0.3 is 9.64 Å². The van der Waals surface area contributed by atoms with E-state index in [9.17, 15) is 4.79 Å². The maximum absolute atomic E-state index is 11.7. The van der Waals surface area contributed by atoms with Crippen LogP contribution in [0, 0.1) is 5.92 Å². The third-order valence-corrected chi connectivity index (χ3v) is 4.79. The fourth-order valence-electron chi connectivity index (χ4n) is 3.89. The largest absolute Gasteiger partial charge is 0.469 e. The van der Waals surface area contributed by atoms with E-state index in [0.29, 0.717) is 24.2 Å². The topological polar surface area (TPSA) is 29.5 Å². The van der Waals surface area contributed by atoms with E-state index in [0.717, 1.165) is 13.1 Å². The molecule has 19 heavy (non-hydrogen) atoms. The number of rotatable bonds is 2. The summed E-state index contributed by atoms with van der Waals surface area (Å²) in [4.78, 5) is 14.1. The lowest BCUT2D eigenvalue weighted by molar-refractivity contribution is -0.141. The first kappa shape index (κ1) is 12.7. The van der Waals surface area contributed by atoms with Gasteiger partial charge in [-0.15, -0.1) is 0 Å². The molecule has 1 aliphatic carbocycles. The zero-order valence-corrected chi connectivity index (χ0v) is 11.6. The first-order chi connectivity index (χ1) is 9.20. The molecule has 0 bridgehead atoms. The van der Waals surface area contributed by atoms with Crippen molar-refractivity contribution in [1.29, 1.82) is 0 Å². The monoisotopic (exact) mass is 259 g/mol. The van der Waals surface area contributed by atoms with E-state index in [2.05, 4.69) is 36.2 Å². The summed E-state index contributed by atoms with van der Waals surface area (Å²) in [6.45, 7) is 2.24. The van der Waals surface area contributed by atoms with E-state index in [1.165, 1.54) is 24.7 Å². The van der Waals surface area contributed by atoms with Crippen molar-refractivity contribution < 1.29 is 9.53 Å². The highest BCUT2D eigenvalue weighted by atomic mass is 16.5. The molecule has 3 atom stereocenters. The molecule has 1 saturated heterocycles. The molecule has 0 saturated carbocycles. The van der Waals surface area contributed by atoms with Crippen LogP contribution in [-0.2, 0) is 9.53 Å². The predicted molar refractivity (Wildman–Crippen MR) is 74.2 cm³/mol. The molecule has 3 unspecified atom stereocenters. The van der Waals surface area contributed by atoms with Gasteiger partial charge in [0.15, 0.2) is 0 Å². The van der Waals surface area contributed by atoms with Crippen LogP contribution in [0.15, 0.2) is 24.3 Å². The van der Waals surface area contributed by atoms with Gasteiger partial charge in [-0.3, -0.25) is 4.79 Å². The number of benzene rings is 1. The van der Waals surface area contributed by atoms with Crippen LogP contribution in [0.1, 0.15) is 35.8 Å². The molecule has 0 N–H and O–H groups in total. The van der Waals surface area contributed by atoms with Crippen LogP contribution >= 0.6 is 0 Å². The summed E-state index contributed by atoms with van der Waals surface area (Å²) in [5.41, 5.74) is 2.84. The molecule has 1 aromatic carbocycles. The van der Waals surface area contributed by atoms with E-state index in [1.807, 2.05) is 0 Å². The number of ether oxygens (including phenoxy) is 1. The molecule has 1 aromatic rings. The quantitative estimate of drug-likeness (QED) is 0.764.